The van der Waals surface area contributed by atoms with Crippen LogP contribution in [0.15, 0.2) is 30.6 Å². The van der Waals surface area contributed by atoms with Gasteiger partial charge in [-0.25, -0.2) is 0 Å². The van der Waals surface area contributed by atoms with Gasteiger partial charge in [-0.05, 0) is 38.7 Å². The zero-order valence-electron chi connectivity index (χ0n) is 16.2. The van der Waals surface area contributed by atoms with Gasteiger partial charge in [0.2, 0.25) is 0 Å². The molecule has 2 aromatic rings. The molecular formula is C19H26BN3O3. The third-order valence-corrected chi connectivity index (χ3v) is 6.08. The highest BCUT2D eigenvalue weighted by Crippen LogP contribution is 2.38. The molecule has 0 spiro atoms. The molecule has 3 heterocycles. The molecule has 1 aromatic heterocycles. The minimum Gasteiger partial charge on any atom is -0.399 e. The van der Waals surface area contributed by atoms with E-state index in [-0.39, 0.29) is 23.7 Å². The maximum absolute atomic E-state index is 6.21. The standard InChI is InChI=1S/C19H26BN3O3/c1-17(2)18(3,4)26-20(25-17)15-8-6-7-14(9-15)19(11-24-12-19)10-16-22-21-13-23(16)5/h6-9,13H,10-12H2,1-5H3. The first kappa shape index (κ1) is 17.7. The van der Waals surface area contributed by atoms with E-state index in [1.54, 1.807) is 6.33 Å². The molecule has 0 atom stereocenters. The van der Waals surface area contributed by atoms with Crippen LogP contribution >= 0.6 is 0 Å². The molecule has 7 heteroatoms. The molecule has 0 N–H and O–H groups in total. The van der Waals surface area contributed by atoms with E-state index in [0.29, 0.717) is 13.2 Å². The Morgan fingerprint density at radius 1 is 1.12 bits per heavy atom. The lowest BCUT2D eigenvalue weighted by Gasteiger charge is -2.42. The molecule has 0 amide bonds. The maximum atomic E-state index is 6.21. The van der Waals surface area contributed by atoms with Crippen molar-refractivity contribution in [1.82, 2.24) is 14.8 Å². The molecule has 138 valence electrons. The third-order valence-electron chi connectivity index (χ3n) is 6.08. The highest BCUT2D eigenvalue weighted by atomic mass is 16.7. The minimum atomic E-state index is -0.354. The van der Waals surface area contributed by atoms with E-state index in [1.165, 1.54) is 5.56 Å². The quantitative estimate of drug-likeness (QED) is 0.781. The molecule has 0 radical (unpaired) electrons. The SMILES string of the molecule is Cn1cnnc1CC1(c2cccc(B3OC(C)(C)C(C)(C)O3)c2)COC1. The van der Waals surface area contributed by atoms with Gasteiger partial charge in [-0.3, -0.25) is 0 Å². The summed E-state index contributed by atoms with van der Waals surface area (Å²) >= 11 is 0. The molecule has 0 aliphatic carbocycles. The zero-order valence-corrected chi connectivity index (χ0v) is 16.2. The monoisotopic (exact) mass is 355 g/mol. The van der Waals surface area contributed by atoms with Gasteiger partial charge in [0, 0.05) is 18.9 Å². The molecule has 4 rings (SSSR count). The Morgan fingerprint density at radius 3 is 2.35 bits per heavy atom. The van der Waals surface area contributed by atoms with Crippen molar-refractivity contribution in [3.63, 3.8) is 0 Å². The van der Waals surface area contributed by atoms with Gasteiger partial charge < -0.3 is 18.6 Å². The highest BCUT2D eigenvalue weighted by Gasteiger charge is 2.52. The highest BCUT2D eigenvalue weighted by molar-refractivity contribution is 6.62. The van der Waals surface area contributed by atoms with Gasteiger partial charge in [0.1, 0.15) is 12.2 Å². The maximum Gasteiger partial charge on any atom is 0.494 e. The molecule has 0 unspecified atom stereocenters. The molecule has 0 saturated carbocycles. The Labute approximate surface area is 155 Å². The van der Waals surface area contributed by atoms with Crippen molar-refractivity contribution < 1.29 is 14.0 Å². The van der Waals surface area contributed by atoms with Gasteiger partial charge in [0.25, 0.3) is 0 Å². The van der Waals surface area contributed by atoms with E-state index in [2.05, 4.69) is 62.2 Å². The number of benzene rings is 1. The van der Waals surface area contributed by atoms with Gasteiger partial charge in [0.15, 0.2) is 0 Å². The molecular weight excluding hydrogens is 329 g/mol. The second-order valence-electron chi connectivity index (χ2n) is 8.52. The second-order valence-corrected chi connectivity index (χ2v) is 8.52. The average Bonchev–Trinajstić information content (AvgIpc) is 3.03. The van der Waals surface area contributed by atoms with Crippen LogP contribution < -0.4 is 5.46 Å². The van der Waals surface area contributed by atoms with Gasteiger partial charge in [-0.2, -0.15) is 0 Å². The largest absolute Gasteiger partial charge is 0.494 e. The number of aryl methyl sites for hydroxylation is 1. The van der Waals surface area contributed by atoms with Gasteiger partial charge in [-0.15, -0.1) is 10.2 Å². The average molecular weight is 355 g/mol. The third kappa shape index (κ3) is 2.78. The Kier molecular flexibility index (Phi) is 4.02. The Hall–Kier alpha value is -1.70. The second kappa shape index (κ2) is 5.91. The Morgan fingerprint density at radius 2 is 1.81 bits per heavy atom. The Bertz CT molecular complexity index is 798. The van der Waals surface area contributed by atoms with Crippen LogP contribution in [0.4, 0.5) is 0 Å². The molecule has 0 bridgehead atoms. The summed E-state index contributed by atoms with van der Waals surface area (Å²) in [5, 5.41) is 8.26. The summed E-state index contributed by atoms with van der Waals surface area (Å²) in [6, 6.07) is 8.50. The summed E-state index contributed by atoms with van der Waals surface area (Å²) in [5.41, 5.74) is 1.53. The zero-order chi connectivity index (χ0) is 18.6. The van der Waals surface area contributed by atoms with Crippen LogP contribution in [0.1, 0.15) is 39.1 Å². The Balaban J connectivity index is 1.62. The summed E-state index contributed by atoms with van der Waals surface area (Å²) in [5.74, 6) is 0.967. The fourth-order valence-corrected chi connectivity index (χ4v) is 3.48. The van der Waals surface area contributed by atoms with Crippen molar-refractivity contribution in [3.05, 3.63) is 42.0 Å². The number of hydrogen-bond acceptors (Lipinski definition) is 5. The molecule has 2 fully saturated rings. The van der Waals surface area contributed by atoms with E-state index in [1.807, 2.05) is 11.6 Å². The molecule has 1 aromatic carbocycles. The summed E-state index contributed by atoms with van der Waals surface area (Å²) in [6.45, 7) is 9.68. The van der Waals surface area contributed by atoms with Gasteiger partial charge in [0.05, 0.1) is 24.4 Å². The van der Waals surface area contributed by atoms with Crippen LogP contribution in [0.25, 0.3) is 0 Å². The molecule has 2 saturated heterocycles. The summed E-state index contributed by atoms with van der Waals surface area (Å²) < 4.78 is 20.0. The number of rotatable bonds is 4. The first-order chi connectivity index (χ1) is 12.2. The number of aromatic nitrogens is 3. The molecule has 6 nitrogen and oxygen atoms in total. The van der Waals surface area contributed by atoms with Crippen molar-refractivity contribution in [1.29, 1.82) is 0 Å². The fourth-order valence-electron chi connectivity index (χ4n) is 3.48. The van der Waals surface area contributed by atoms with Crippen molar-refractivity contribution in [2.45, 2.75) is 50.7 Å². The lowest BCUT2D eigenvalue weighted by molar-refractivity contribution is -0.0610. The van der Waals surface area contributed by atoms with Crippen molar-refractivity contribution in [2.24, 2.45) is 7.05 Å². The molecule has 2 aliphatic heterocycles. The van der Waals surface area contributed by atoms with Crippen molar-refractivity contribution in [2.75, 3.05) is 13.2 Å². The van der Waals surface area contributed by atoms with E-state index < -0.39 is 0 Å². The van der Waals surface area contributed by atoms with Crippen molar-refractivity contribution >= 4 is 12.6 Å². The summed E-state index contributed by atoms with van der Waals surface area (Å²) in [4.78, 5) is 0. The normalized spacial score (nSPS) is 23.0. The topological polar surface area (TPSA) is 58.4 Å². The number of ether oxygens (including phenoxy) is 1. The lowest BCUT2D eigenvalue weighted by Crippen LogP contribution is -2.49. The van der Waals surface area contributed by atoms with Crippen LogP contribution in [0.3, 0.4) is 0 Å². The van der Waals surface area contributed by atoms with E-state index in [9.17, 15) is 0 Å². The van der Waals surface area contributed by atoms with Crippen LogP contribution in [0.2, 0.25) is 0 Å². The van der Waals surface area contributed by atoms with Crippen LogP contribution in [-0.2, 0) is 32.9 Å². The summed E-state index contributed by atoms with van der Waals surface area (Å²) in [7, 11) is 1.62. The smallest absolute Gasteiger partial charge is 0.399 e. The van der Waals surface area contributed by atoms with Crippen molar-refractivity contribution in [3.8, 4) is 0 Å². The predicted octanol–water partition coefficient (Wildman–Crippen LogP) is 1.62. The predicted molar refractivity (Wildman–Crippen MR) is 99.4 cm³/mol. The lowest BCUT2D eigenvalue weighted by atomic mass is 9.71. The first-order valence-corrected chi connectivity index (χ1v) is 9.09. The molecule has 26 heavy (non-hydrogen) atoms. The van der Waals surface area contributed by atoms with Gasteiger partial charge >= 0.3 is 7.12 Å². The van der Waals surface area contributed by atoms with Gasteiger partial charge in [-0.1, -0.05) is 24.3 Å². The summed E-state index contributed by atoms with van der Waals surface area (Å²) in [6.07, 6.45) is 2.54. The number of hydrogen-bond donors (Lipinski definition) is 0. The molecule has 2 aliphatic rings. The van der Waals surface area contributed by atoms with E-state index >= 15 is 0 Å². The van der Waals surface area contributed by atoms with Crippen LogP contribution in [0.5, 0.6) is 0 Å². The van der Waals surface area contributed by atoms with E-state index in [4.69, 9.17) is 14.0 Å². The van der Waals surface area contributed by atoms with Crippen LogP contribution in [0, 0.1) is 0 Å². The first-order valence-electron chi connectivity index (χ1n) is 9.09. The number of nitrogens with zero attached hydrogens (tertiary/aromatic N) is 3. The van der Waals surface area contributed by atoms with E-state index in [0.717, 1.165) is 17.7 Å². The minimum absolute atomic E-state index is 0.0690. The van der Waals surface area contributed by atoms with Crippen LogP contribution in [-0.4, -0.2) is 46.3 Å². The fraction of sp³-hybridized carbons (Fsp3) is 0.579.